The van der Waals surface area contributed by atoms with Gasteiger partial charge >= 0.3 is 0 Å². The lowest BCUT2D eigenvalue weighted by Crippen LogP contribution is -2.43. The average molecular weight is 456 g/mol. The average Bonchev–Trinajstić information content (AvgIpc) is 3.25. The maximum Gasteiger partial charge on any atom is 0.199 e. The molecule has 0 radical (unpaired) electrons. The van der Waals surface area contributed by atoms with E-state index in [4.69, 9.17) is 25.7 Å². The van der Waals surface area contributed by atoms with E-state index in [2.05, 4.69) is 34.5 Å². The zero-order chi connectivity index (χ0) is 21.0. The summed E-state index contributed by atoms with van der Waals surface area (Å²) in [5.41, 5.74) is 3.25. The minimum Gasteiger partial charge on any atom is -0.433 e. The van der Waals surface area contributed by atoms with Crippen LogP contribution in [0.15, 0.2) is 62.9 Å². The number of hydrogen-bond donors (Lipinski definition) is 1. The molecule has 2 aromatic carbocycles. The van der Waals surface area contributed by atoms with Crippen LogP contribution in [0.1, 0.15) is 24.7 Å². The molecule has 1 N–H and O–H groups in total. The highest BCUT2D eigenvalue weighted by Gasteiger charge is 2.25. The Morgan fingerprint density at radius 1 is 0.968 bits per heavy atom. The van der Waals surface area contributed by atoms with Gasteiger partial charge in [-0.15, -0.1) is 0 Å². The molecule has 2 saturated heterocycles. The van der Waals surface area contributed by atoms with Crippen molar-refractivity contribution in [1.29, 1.82) is 0 Å². The Labute approximate surface area is 192 Å². The Hall–Kier alpha value is -1.99. The number of piperazine rings is 1. The SMILES string of the molecule is Clc1ccc(Sc2oc(C3CCOCC3)nc2-c2ccc(N3CCNCC3)cc2)cc1. The number of benzene rings is 2. The molecule has 0 aliphatic carbocycles. The minimum absolute atomic E-state index is 0.312. The molecule has 5 rings (SSSR count). The van der Waals surface area contributed by atoms with Crippen molar-refractivity contribution in [2.75, 3.05) is 44.3 Å². The second-order valence-electron chi connectivity index (χ2n) is 7.91. The predicted molar refractivity (Wildman–Crippen MR) is 125 cm³/mol. The molecular weight excluding hydrogens is 430 g/mol. The van der Waals surface area contributed by atoms with Crippen LogP contribution in [0.25, 0.3) is 11.3 Å². The molecule has 31 heavy (non-hydrogen) atoms. The van der Waals surface area contributed by atoms with Crippen LogP contribution in [-0.2, 0) is 4.74 Å². The zero-order valence-electron chi connectivity index (χ0n) is 17.4. The molecule has 0 atom stereocenters. The topological polar surface area (TPSA) is 50.5 Å². The summed E-state index contributed by atoms with van der Waals surface area (Å²) in [5, 5.41) is 4.97. The third-order valence-corrected chi connectivity index (χ3v) is 7.05. The van der Waals surface area contributed by atoms with E-state index in [1.54, 1.807) is 11.8 Å². The van der Waals surface area contributed by atoms with Crippen molar-refractivity contribution in [3.05, 3.63) is 59.4 Å². The van der Waals surface area contributed by atoms with Gasteiger partial charge in [0.25, 0.3) is 0 Å². The number of oxazole rings is 1. The van der Waals surface area contributed by atoms with Crippen molar-refractivity contribution in [2.45, 2.75) is 28.7 Å². The van der Waals surface area contributed by atoms with Gasteiger partial charge in [-0.1, -0.05) is 23.7 Å². The molecule has 2 fully saturated rings. The number of anilines is 1. The third-order valence-electron chi connectivity index (χ3n) is 5.83. The van der Waals surface area contributed by atoms with Gasteiger partial charge in [0.05, 0.1) is 0 Å². The monoisotopic (exact) mass is 455 g/mol. The molecule has 1 aromatic heterocycles. The third kappa shape index (κ3) is 4.93. The normalized spacial score (nSPS) is 17.8. The molecule has 0 bridgehead atoms. The quantitative estimate of drug-likeness (QED) is 0.552. The summed E-state index contributed by atoms with van der Waals surface area (Å²) in [4.78, 5) is 8.47. The molecule has 5 nitrogen and oxygen atoms in total. The summed E-state index contributed by atoms with van der Waals surface area (Å²) in [5.74, 6) is 1.13. The Bertz CT molecular complexity index is 995. The Kier molecular flexibility index (Phi) is 6.50. The maximum atomic E-state index is 6.33. The first-order valence-corrected chi connectivity index (χ1v) is 12.0. The highest BCUT2D eigenvalue weighted by Crippen LogP contribution is 2.40. The number of hydrogen-bond acceptors (Lipinski definition) is 6. The first kappa shape index (κ1) is 20.9. The van der Waals surface area contributed by atoms with E-state index in [0.29, 0.717) is 5.92 Å². The Morgan fingerprint density at radius 2 is 1.68 bits per heavy atom. The summed E-state index contributed by atoms with van der Waals surface area (Å²) >= 11 is 7.66. The first-order chi connectivity index (χ1) is 15.3. The van der Waals surface area contributed by atoms with Crippen LogP contribution in [-0.4, -0.2) is 44.4 Å². The van der Waals surface area contributed by atoms with Crippen LogP contribution in [0.3, 0.4) is 0 Å². The Balaban J connectivity index is 1.45. The summed E-state index contributed by atoms with van der Waals surface area (Å²) in [6, 6.07) is 16.6. The fraction of sp³-hybridized carbons (Fsp3) is 0.375. The van der Waals surface area contributed by atoms with E-state index < -0.39 is 0 Å². The highest BCUT2D eigenvalue weighted by atomic mass is 35.5. The minimum atomic E-state index is 0.312. The Morgan fingerprint density at radius 3 is 2.39 bits per heavy atom. The van der Waals surface area contributed by atoms with Crippen molar-refractivity contribution in [3.63, 3.8) is 0 Å². The van der Waals surface area contributed by atoms with E-state index in [-0.39, 0.29) is 0 Å². The van der Waals surface area contributed by atoms with Crippen molar-refractivity contribution >= 4 is 29.1 Å². The zero-order valence-corrected chi connectivity index (χ0v) is 18.9. The van der Waals surface area contributed by atoms with Crippen LogP contribution < -0.4 is 10.2 Å². The van der Waals surface area contributed by atoms with Gasteiger partial charge < -0.3 is 19.4 Å². The first-order valence-electron chi connectivity index (χ1n) is 10.8. The number of rotatable bonds is 5. The maximum absolute atomic E-state index is 6.33. The fourth-order valence-corrected chi connectivity index (χ4v) is 5.05. The van der Waals surface area contributed by atoms with Gasteiger partial charge in [-0.3, -0.25) is 0 Å². The lowest BCUT2D eigenvalue weighted by molar-refractivity contribution is 0.0786. The molecule has 7 heteroatoms. The molecule has 3 heterocycles. The van der Waals surface area contributed by atoms with Gasteiger partial charge in [-0.05, 0) is 61.0 Å². The molecule has 2 aliphatic heterocycles. The number of nitrogens with one attached hydrogen (secondary N) is 1. The van der Waals surface area contributed by atoms with E-state index >= 15 is 0 Å². The number of ether oxygens (including phenoxy) is 1. The summed E-state index contributed by atoms with van der Waals surface area (Å²) in [6.45, 7) is 5.66. The van der Waals surface area contributed by atoms with Crippen LogP contribution in [0, 0.1) is 0 Å². The molecule has 0 unspecified atom stereocenters. The standard InChI is InChI=1S/C24H26ClN3O2S/c25-19-3-7-21(8-4-19)31-24-22(27-23(30-24)18-9-15-29-16-10-18)17-1-5-20(6-2-17)28-13-11-26-12-14-28/h1-8,18,26H,9-16H2. The molecule has 3 aromatic rings. The second kappa shape index (κ2) is 9.65. The van der Waals surface area contributed by atoms with E-state index in [9.17, 15) is 0 Å². The second-order valence-corrected chi connectivity index (χ2v) is 9.40. The van der Waals surface area contributed by atoms with Gasteiger partial charge in [-0.2, -0.15) is 0 Å². The van der Waals surface area contributed by atoms with Gasteiger partial charge in [0.15, 0.2) is 11.0 Å². The molecule has 0 spiro atoms. The molecule has 0 saturated carbocycles. The lowest BCUT2D eigenvalue weighted by atomic mass is 10.0. The van der Waals surface area contributed by atoms with E-state index in [1.165, 1.54) is 5.69 Å². The van der Waals surface area contributed by atoms with Crippen LogP contribution in [0.4, 0.5) is 5.69 Å². The van der Waals surface area contributed by atoms with Gasteiger partial charge in [0.2, 0.25) is 0 Å². The number of halogens is 1. The van der Waals surface area contributed by atoms with E-state index in [1.807, 2.05) is 24.3 Å². The van der Waals surface area contributed by atoms with Crippen LogP contribution in [0.2, 0.25) is 5.02 Å². The fourth-order valence-electron chi connectivity index (χ4n) is 4.06. The van der Waals surface area contributed by atoms with Crippen molar-refractivity contribution in [1.82, 2.24) is 10.3 Å². The van der Waals surface area contributed by atoms with Crippen molar-refractivity contribution < 1.29 is 9.15 Å². The van der Waals surface area contributed by atoms with Gasteiger partial charge in [0.1, 0.15) is 5.69 Å². The lowest BCUT2D eigenvalue weighted by Gasteiger charge is -2.29. The predicted octanol–water partition coefficient (Wildman–Crippen LogP) is 5.45. The molecule has 0 amide bonds. The summed E-state index contributed by atoms with van der Waals surface area (Å²) in [6.07, 6.45) is 1.90. The largest absolute Gasteiger partial charge is 0.433 e. The molecule has 162 valence electrons. The van der Waals surface area contributed by atoms with Crippen LogP contribution >= 0.6 is 23.4 Å². The molecule has 2 aliphatic rings. The van der Waals surface area contributed by atoms with Crippen molar-refractivity contribution in [2.24, 2.45) is 0 Å². The summed E-state index contributed by atoms with van der Waals surface area (Å²) in [7, 11) is 0. The number of aromatic nitrogens is 1. The number of nitrogens with zero attached hydrogens (tertiary/aromatic N) is 2. The van der Waals surface area contributed by atoms with E-state index in [0.717, 1.165) is 84.4 Å². The smallest absolute Gasteiger partial charge is 0.199 e. The highest BCUT2D eigenvalue weighted by molar-refractivity contribution is 7.99. The van der Waals surface area contributed by atoms with Crippen molar-refractivity contribution in [3.8, 4) is 11.3 Å². The summed E-state index contributed by atoms with van der Waals surface area (Å²) < 4.78 is 11.9. The van der Waals surface area contributed by atoms with Gasteiger partial charge in [0, 0.05) is 66.5 Å². The molecular formula is C24H26ClN3O2S. The van der Waals surface area contributed by atoms with Crippen LogP contribution in [0.5, 0.6) is 0 Å². The van der Waals surface area contributed by atoms with Gasteiger partial charge in [-0.25, -0.2) is 4.98 Å².